The van der Waals surface area contributed by atoms with Crippen molar-refractivity contribution in [2.24, 2.45) is 0 Å². The van der Waals surface area contributed by atoms with Crippen LogP contribution in [-0.2, 0) is 6.42 Å². The van der Waals surface area contributed by atoms with E-state index in [1.807, 2.05) is 12.1 Å². The highest BCUT2D eigenvalue weighted by atomic mass is 79.9. The summed E-state index contributed by atoms with van der Waals surface area (Å²) < 4.78 is 13.6. The van der Waals surface area contributed by atoms with E-state index in [0.29, 0.717) is 23.0 Å². The summed E-state index contributed by atoms with van der Waals surface area (Å²) in [4.78, 5) is 15.7. The van der Waals surface area contributed by atoms with Crippen LogP contribution in [0.1, 0.15) is 15.9 Å². The number of carbonyl (C=O) groups is 1. The highest BCUT2D eigenvalue weighted by Gasteiger charge is 2.07. The van der Waals surface area contributed by atoms with Crippen molar-refractivity contribution in [3.05, 3.63) is 64.1 Å². The fourth-order valence-corrected chi connectivity index (χ4v) is 1.86. The highest BCUT2D eigenvalue weighted by Crippen LogP contribution is 2.16. The number of amides is 1. The van der Waals surface area contributed by atoms with E-state index in [4.69, 9.17) is 0 Å². The molecule has 3 nitrogen and oxygen atoms in total. The molecular weight excluding hydrogens is 311 g/mol. The van der Waals surface area contributed by atoms with Crippen LogP contribution in [0.3, 0.4) is 0 Å². The van der Waals surface area contributed by atoms with Crippen LogP contribution in [0.25, 0.3) is 0 Å². The average Bonchev–Trinajstić information content (AvgIpc) is 2.43. The van der Waals surface area contributed by atoms with Gasteiger partial charge in [0, 0.05) is 24.5 Å². The number of nitrogens with one attached hydrogen (secondary N) is 1. The van der Waals surface area contributed by atoms with Gasteiger partial charge < -0.3 is 5.32 Å². The number of hydrogen-bond donors (Lipinski definition) is 1. The third kappa shape index (κ3) is 3.86. The Morgan fingerprint density at radius 3 is 2.68 bits per heavy atom. The molecule has 0 aliphatic heterocycles. The molecule has 0 atom stereocenters. The number of benzene rings is 1. The van der Waals surface area contributed by atoms with Crippen molar-refractivity contribution in [3.63, 3.8) is 0 Å². The summed E-state index contributed by atoms with van der Waals surface area (Å²) >= 11 is 3.05. The van der Waals surface area contributed by atoms with Gasteiger partial charge in [0.2, 0.25) is 0 Å². The number of pyridine rings is 1. The fraction of sp³-hybridized carbons (Fsp3) is 0.143. The van der Waals surface area contributed by atoms with Gasteiger partial charge in [-0.05, 0) is 58.2 Å². The van der Waals surface area contributed by atoms with Gasteiger partial charge in [0.1, 0.15) is 5.82 Å². The van der Waals surface area contributed by atoms with Crippen molar-refractivity contribution in [3.8, 4) is 0 Å². The Morgan fingerprint density at radius 2 is 2.00 bits per heavy atom. The Morgan fingerprint density at radius 1 is 1.26 bits per heavy atom. The summed E-state index contributed by atoms with van der Waals surface area (Å²) in [6.45, 7) is 0.501. The second-order valence-electron chi connectivity index (χ2n) is 3.99. The van der Waals surface area contributed by atoms with Crippen LogP contribution in [0, 0.1) is 5.82 Å². The van der Waals surface area contributed by atoms with Crippen LogP contribution in [0.15, 0.2) is 47.2 Å². The minimum Gasteiger partial charge on any atom is -0.352 e. The minimum atomic E-state index is -0.443. The monoisotopic (exact) mass is 322 g/mol. The third-order valence-electron chi connectivity index (χ3n) is 2.63. The Kier molecular flexibility index (Phi) is 4.63. The molecule has 0 bridgehead atoms. The van der Waals surface area contributed by atoms with E-state index >= 15 is 0 Å². The van der Waals surface area contributed by atoms with Gasteiger partial charge in [0.15, 0.2) is 0 Å². The predicted octanol–water partition coefficient (Wildman–Crippen LogP) is 2.96. The molecule has 1 amide bonds. The third-order valence-corrected chi connectivity index (χ3v) is 3.27. The van der Waals surface area contributed by atoms with Crippen LogP contribution in [0.2, 0.25) is 0 Å². The molecule has 2 aromatic rings. The summed E-state index contributed by atoms with van der Waals surface area (Å²) in [7, 11) is 0. The molecule has 2 rings (SSSR count). The number of halogens is 2. The first kappa shape index (κ1) is 13.7. The summed E-state index contributed by atoms with van der Waals surface area (Å²) in [5.41, 5.74) is 1.41. The molecule has 0 saturated carbocycles. The molecule has 1 N–H and O–H groups in total. The Hall–Kier alpha value is -1.75. The fourth-order valence-electron chi connectivity index (χ4n) is 1.61. The highest BCUT2D eigenvalue weighted by molar-refractivity contribution is 9.10. The molecule has 98 valence electrons. The second-order valence-corrected chi connectivity index (χ2v) is 4.84. The molecular formula is C14H12BrFN2O. The summed E-state index contributed by atoms with van der Waals surface area (Å²) in [6.07, 6.45) is 4.13. The van der Waals surface area contributed by atoms with E-state index in [1.165, 1.54) is 12.1 Å². The lowest BCUT2D eigenvalue weighted by Gasteiger charge is -2.06. The summed E-state index contributed by atoms with van der Waals surface area (Å²) in [5, 5.41) is 2.75. The molecule has 0 unspecified atom stereocenters. The van der Waals surface area contributed by atoms with E-state index < -0.39 is 5.82 Å². The lowest BCUT2D eigenvalue weighted by atomic mass is 10.2. The molecule has 19 heavy (non-hydrogen) atoms. The Labute approximate surface area is 119 Å². The molecule has 0 fully saturated rings. The van der Waals surface area contributed by atoms with Gasteiger partial charge >= 0.3 is 0 Å². The molecule has 0 saturated heterocycles. The van der Waals surface area contributed by atoms with Crippen molar-refractivity contribution in [2.75, 3.05) is 6.54 Å². The Bertz CT molecular complexity index is 575. The number of nitrogens with zero attached hydrogens (tertiary/aromatic N) is 1. The van der Waals surface area contributed by atoms with Gasteiger partial charge in [-0.1, -0.05) is 0 Å². The maximum Gasteiger partial charge on any atom is 0.251 e. The van der Waals surface area contributed by atoms with E-state index in [9.17, 15) is 9.18 Å². The van der Waals surface area contributed by atoms with Crippen molar-refractivity contribution in [1.82, 2.24) is 10.3 Å². The maximum absolute atomic E-state index is 13.3. The quantitative estimate of drug-likeness (QED) is 0.940. The largest absolute Gasteiger partial charge is 0.352 e. The zero-order valence-electron chi connectivity index (χ0n) is 10.1. The normalized spacial score (nSPS) is 10.2. The predicted molar refractivity (Wildman–Crippen MR) is 74.4 cm³/mol. The molecule has 0 spiro atoms. The van der Waals surface area contributed by atoms with Gasteiger partial charge in [0.25, 0.3) is 5.91 Å². The number of aromatic nitrogens is 1. The first-order valence-corrected chi connectivity index (χ1v) is 6.58. The molecule has 0 aliphatic carbocycles. The van der Waals surface area contributed by atoms with Gasteiger partial charge in [-0.25, -0.2) is 4.39 Å². The van der Waals surface area contributed by atoms with E-state index in [0.717, 1.165) is 5.56 Å². The molecule has 0 aliphatic rings. The van der Waals surface area contributed by atoms with Crippen molar-refractivity contribution in [1.29, 1.82) is 0 Å². The standard InChI is InChI=1S/C14H12BrFN2O/c15-12-2-1-11(9-13(12)16)14(19)18-8-5-10-3-6-17-7-4-10/h1-4,6-7,9H,5,8H2,(H,18,19). The average molecular weight is 323 g/mol. The number of rotatable bonds is 4. The van der Waals surface area contributed by atoms with Crippen LogP contribution in [0.5, 0.6) is 0 Å². The van der Waals surface area contributed by atoms with Crippen molar-refractivity contribution in [2.45, 2.75) is 6.42 Å². The summed E-state index contributed by atoms with van der Waals surface area (Å²) in [6, 6.07) is 8.10. The van der Waals surface area contributed by atoms with Crippen LogP contribution < -0.4 is 5.32 Å². The zero-order valence-corrected chi connectivity index (χ0v) is 11.7. The van der Waals surface area contributed by atoms with Crippen LogP contribution in [-0.4, -0.2) is 17.4 Å². The maximum atomic E-state index is 13.3. The van der Waals surface area contributed by atoms with Gasteiger partial charge in [-0.3, -0.25) is 9.78 Å². The van der Waals surface area contributed by atoms with Crippen molar-refractivity contribution < 1.29 is 9.18 Å². The van der Waals surface area contributed by atoms with E-state index in [2.05, 4.69) is 26.2 Å². The molecule has 1 heterocycles. The molecule has 0 radical (unpaired) electrons. The van der Waals surface area contributed by atoms with Crippen LogP contribution >= 0.6 is 15.9 Å². The van der Waals surface area contributed by atoms with Gasteiger partial charge in [-0.2, -0.15) is 0 Å². The molecule has 5 heteroatoms. The number of hydrogen-bond acceptors (Lipinski definition) is 2. The van der Waals surface area contributed by atoms with Crippen LogP contribution in [0.4, 0.5) is 4.39 Å². The lowest BCUT2D eigenvalue weighted by molar-refractivity contribution is 0.0953. The topological polar surface area (TPSA) is 42.0 Å². The first-order chi connectivity index (χ1) is 9.16. The molecule has 1 aromatic carbocycles. The van der Waals surface area contributed by atoms with E-state index in [-0.39, 0.29) is 5.91 Å². The summed E-state index contributed by atoms with van der Waals surface area (Å²) in [5.74, 6) is -0.720. The van der Waals surface area contributed by atoms with Gasteiger partial charge in [-0.15, -0.1) is 0 Å². The smallest absolute Gasteiger partial charge is 0.251 e. The van der Waals surface area contributed by atoms with Crippen molar-refractivity contribution >= 4 is 21.8 Å². The number of carbonyl (C=O) groups excluding carboxylic acids is 1. The molecule has 1 aromatic heterocycles. The lowest BCUT2D eigenvalue weighted by Crippen LogP contribution is -2.25. The second kappa shape index (κ2) is 6.43. The zero-order chi connectivity index (χ0) is 13.7. The van der Waals surface area contributed by atoms with Gasteiger partial charge in [0.05, 0.1) is 4.47 Å². The Balaban J connectivity index is 1.89. The minimum absolute atomic E-state index is 0.277. The van der Waals surface area contributed by atoms with E-state index in [1.54, 1.807) is 18.5 Å². The SMILES string of the molecule is O=C(NCCc1ccncc1)c1ccc(Br)c(F)c1. The first-order valence-electron chi connectivity index (χ1n) is 5.79.